The van der Waals surface area contributed by atoms with Crippen molar-refractivity contribution >= 4 is 29.0 Å². The summed E-state index contributed by atoms with van der Waals surface area (Å²) in [6.07, 6.45) is 0. The van der Waals surface area contributed by atoms with Crippen LogP contribution in [0.2, 0.25) is 0 Å². The Morgan fingerprint density at radius 1 is 1.05 bits per heavy atom. The zero-order valence-corrected chi connectivity index (χ0v) is 13.3. The van der Waals surface area contributed by atoms with Gasteiger partial charge < -0.3 is 5.73 Å². The van der Waals surface area contributed by atoms with Gasteiger partial charge in [0.15, 0.2) is 4.34 Å². The predicted molar refractivity (Wildman–Crippen MR) is 91.8 cm³/mol. The largest absolute Gasteiger partial charge is 0.368 e. The molecule has 0 aliphatic heterocycles. The van der Waals surface area contributed by atoms with Crippen molar-refractivity contribution < 1.29 is 4.79 Å². The molecule has 0 aliphatic carbocycles. The van der Waals surface area contributed by atoms with E-state index in [1.807, 2.05) is 66.0 Å². The number of hydrogen-bond acceptors (Lipinski definition) is 4. The van der Waals surface area contributed by atoms with Crippen molar-refractivity contribution in [2.24, 2.45) is 5.73 Å². The van der Waals surface area contributed by atoms with E-state index in [2.05, 4.69) is 4.98 Å². The van der Waals surface area contributed by atoms with Gasteiger partial charge in [-0.2, -0.15) is 0 Å². The Kier molecular flexibility index (Phi) is 4.56. The molecule has 3 nitrogen and oxygen atoms in total. The van der Waals surface area contributed by atoms with Gasteiger partial charge in [0, 0.05) is 10.9 Å². The minimum atomic E-state index is -0.420. The molecule has 1 unspecified atom stereocenters. The number of thiazole rings is 1. The lowest BCUT2D eigenvalue weighted by Crippen LogP contribution is -2.18. The Labute approximate surface area is 137 Å². The minimum Gasteiger partial charge on any atom is -0.368 e. The first kappa shape index (κ1) is 14.8. The highest BCUT2D eigenvalue weighted by molar-refractivity contribution is 8.01. The Hall–Kier alpha value is -2.11. The van der Waals surface area contributed by atoms with Crippen LogP contribution in [0.3, 0.4) is 0 Å². The van der Waals surface area contributed by atoms with E-state index in [0.29, 0.717) is 0 Å². The van der Waals surface area contributed by atoms with Gasteiger partial charge in [-0.25, -0.2) is 4.98 Å². The minimum absolute atomic E-state index is 0.354. The van der Waals surface area contributed by atoms with Crippen molar-refractivity contribution in [2.75, 3.05) is 0 Å². The average Bonchev–Trinajstić information content (AvgIpc) is 3.03. The van der Waals surface area contributed by atoms with Crippen molar-refractivity contribution in [2.45, 2.75) is 9.59 Å². The molecule has 0 saturated carbocycles. The normalized spacial score (nSPS) is 12.0. The first-order valence-corrected chi connectivity index (χ1v) is 8.52. The molecule has 2 N–H and O–H groups in total. The van der Waals surface area contributed by atoms with Crippen LogP contribution in [-0.2, 0) is 4.79 Å². The van der Waals surface area contributed by atoms with Gasteiger partial charge in [0.05, 0.1) is 5.69 Å². The van der Waals surface area contributed by atoms with E-state index in [9.17, 15) is 4.79 Å². The number of carbonyl (C=O) groups excluding carboxylic acids is 1. The van der Waals surface area contributed by atoms with Crippen LogP contribution in [0, 0.1) is 0 Å². The standard InChI is InChI=1S/C17H14N2OS2/c18-16(20)15(13-9-5-2-6-10-13)22-17-19-14(11-21-17)12-7-3-1-4-8-12/h1-11,15H,(H2,18,20). The molecule has 2 aromatic carbocycles. The highest BCUT2D eigenvalue weighted by atomic mass is 32.2. The monoisotopic (exact) mass is 326 g/mol. The van der Waals surface area contributed by atoms with Crippen LogP contribution in [0.25, 0.3) is 11.3 Å². The number of aromatic nitrogens is 1. The first-order valence-electron chi connectivity index (χ1n) is 6.76. The summed E-state index contributed by atoms with van der Waals surface area (Å²) in [7, 11) is 0. The molecule has 22 heavy (non-hydrogen) atoms. The van der Waals surface area contributed by atoms with Crippen LogP contribution in [-0.4, -0.2) is 10.9 Å². The molecule has 0 bridgehead atoms. The van der Waals surface area contributed by atoms with Crippen molar-refractivity contribution in [3.8, 4) is 11.3 Å². The van der Waals surface area contributed by atoms with Gasteiger partial charge in [0.2, 0.25) is 5.91 Å². The number of nitrogens with zero attached hydrogens (tertiary/aromatic N) is 1. The van der Waals surface area contributed by atoms with Crippen LogP contribution in [0.5, 0.6) is 0 Å². The fourth-order valence-corrected chi connectivity index (χ4v) is 4.04. The number of thioether (sulfide) groups is 1. The highest BCUT2D eigenvalue weighted by Gasteiger charge is 2.20. The molecule has 1 amide bonds. The van der Waals surface area contributed by atoms with Crippen molar-refractivity contribution in [1.29, 1.82) is 0 Å². The molecule has 1 atom stereocenters. The number of amides is 1. The number of carbonyl (C=O) groups is 1. The fraction of sp³-hybridized carbons (Fsp3) is 0.0588. The summed E-state index contributed by atoms with van der Waals surface area (Å²) in [6.45, 7) is 0. The lowest BCUT2D eigenvalue weighted by Gasteiger charge is -2.11. The lowest BCUT2D eigenvalue weighted by molar-refractivity contribution is -0.117. The van der Waals surface area contributed by atoms with E-state index >= 15 is 0 Å². The van der Waals surface area contributed by atoms with Crippen LogP contribution in [0.1, 0.15) is 10.8 Å². The third-order valence-electron chi connectivity index (χ3n) is 3.13. The van der Waals surface area contributed by atoms with Gasteiger partial charge in [-0.15, -0.1) is 11.3 Å². The Morgan fingerprint density at radius 3 is 2.32 bits per heavy atom. The second-order valence-corrected chi connectivity index (χ2v) is 6.89. The van der Waals surface area contributed by atoms with Gasteiger partial charge in [0.25, 0.3) is 0 Å². The van der Waals surface area contributed by atoms with E-state index < -0.39 is 5.25 Å². The van der Waals surface area contributed by atoms with E-state index in [1.165, 1.54) is 23.1 Å². The molecule has 0 spiro atoms. The molecule has 0 radical (unpaired) electrons. The third-order valence-corrected chi connectivity index (χ3v) is 5.38. The number of nitrogens with two attached hydrogens (primary N) is 1. The topological polar surface area (TPSA) is 56.0 Å². The molecule has 110 valence electrons. The molecule has 0 saturated heterocycles. The summed E-state index contributed by atoms with van der Waals surface area (Å²) in [5, 5.41) is 1.58. The Balaban J connectivity index is 1.83. The average molecular weight is 326 g/mol. The van der Waals surface area contributed by atoms with Crippen molar-refractivity contribution in [3.63, 3.8) is 0 Å². The molecule has 0 fully saturated rings. The maximum atomic E-state index is 11.8. The number of hydrogen-bond donors (Lipinski definition) is 1. The summed E-state index contributed by atoms with van der Waals surface area (Å²) in [6, 6.07) is 19.5. The SMILES string of the molecule is NC(=O)C(Sc1nc(-c2ccccc2)cs1)c1ccccc1. The second-order valence-electron chi connectivity index (χ2n) is 4.68. The molecule has 0 aliphatic rings. The molecule has 1 aromatic heterocycles. The zero-order chi connectivity index (χ0) is 15.4. The van der Waals surface area contributed by atoms with Gasteiger partial charge in [-0.3, -0.25) is 4.79 Å². The van der Waals surface area contributed by atoms with Crippen LogP contribution in [0.15, 0.2) is 70.4 Å². The second kappa shape index (κ2) is 6.77. The van der Waals surface area contributed by atoms with Crippen molar-refractivity contribution in [1.82, 2.24) is 4.98 Å². The zero-order valence-electron chi connectivity index (χ0n) is 11.7. The van der Waals surface area contributed by atoms with E-state index in [-0.39, 0.29) is 5.91 Å². The maximum Gasteiger partial charge on any atom is 0.235 e. The summed E-state index contributed by atoms with van der Waals surface area (Å²) in [5.41, 5.74) is 8.44. The number of rotatable bonds is 5. The van der Waals surface area contributed by atoms with Crippen molar-refractivity contribution in [3.05, 3.63) is 71.6 Å². The van der Waals surface area contributed by atoms with E-state index in [1.54, 1.807) is 0 Å². The Morgan fingerprint density at radius 2 is 1.68 bits per heavy atom. The molecule has 1 heterocycles. The molecular formula is C17H14N2OS2. The van der Waals surface area contributed by atoms with Gasteiger partial charge in [-0.05, 0) is 5.56 Å². The van der Waals surface area contributed by atoms with Gasteiger partial charge >= 0.3 is 0 Å². The summed E-state index contributed by atoms with van der Waals surface area (Å²) in [5.74, 6) is -0.354. The summed E-state index contributed by atoms with van der Waals surface area (Å²) < 4.78 is 0.839. The third kappa shape index (κ3) is 3.37. The Bertz CT molecular complexity index is 757. The summed E-state index contributed by atoms with van der Waals surface area (Å²) in [4.78, 5) is 16.4. The fourth-order valence-electron chi connectivity index (χ4n) is 2.07. The van der Waals surface area contributed by atoms with E-state index in [4.69, 9.17) is 5.73 Å². The highest BCUT2D eigenvalue weighted by Crippen LogP contribution is 2.38. The first-order chi connectivity index (χ1) is 10.7. The molecule has 3 aromatic rings. The summed E-state index contributed by atoms with van der Waals surface area (Å²) >= 11 is 2.93. The van der Waals surface area contributed by atoms with E-state index in [0.717, 1.165) is 21.2 Å². The van der Waals surface area contributed by atoms with Crippen LogP contribution >= 0.6 is 23.1 Å². The number of primary amides is 1. The van der Waals surface area contributed by atoms with Gasteiger partial charge in [0.1, 0.15) is 5.25 Å². The molecular weight excluding hydrogens is 312 g/mol. The van der Waals surface area contributed by atoms with Crippen LogP contribution in [0.4, 0.5) is 0 Å². The quantitative estimate of drug-likeness (QED) is 0.717. The number of benzene rings is 2. The predicted octanol–water partition coefficient (Wildman–Crippen LogP) is 4.13. The molecule has 5 heteroatoms. The lowest BCUT2D eigenvalue weighted by atomic mass is 10.1. The van der Waals surface area contributed by atoms with Gasteiger partial charge in [-0.1, -0.05) is 72.4 Å². The maximum absolute atomic E-state index is 11.8. The van der Waals surface area contributed by atoms with Crippen LogP contribution < -0.4 is 5.73 Å². The molecule has 3 rings (SSSR count). The smallest absolute Gasteiger partial charge is 0.235 e.